The van der Waals surface area contributed by atoms with Gasteiger partial charge in [-0.05, 0) is 38.5 Å². The van der Waals surface area contributed by atoms with Gasteiger partial charge in [-0.1, -0.05) is 29.3 Å². The van der Waals surface area contributed by atoms with Crippen molar-refractivity contribution >= 4 is 41.2 Å². The van der Waals surface area contributed by atoms with Crippen LogP contribution in [0.4, 0.5) is 4.79 Å². The molecule has 11 heteroatoms. The second kappa shape index (κ2) is 8.12. The van der Waals surface area contributed by atoms with Crippen LogP contribution in [0.5, 0.6) is 0 Å². The lowest BCUT2D eigenvalue weighted by atomic mass is 9.86. The molecule has 6 atom stereocenters. The molecule has 3 rings (SSSR count). The van der Waals surface area contributed by atoms with Crippen LogP contribution in [-0.4, -0.2) is 56.7 Å². The third-order valence-corrected chi connectivity index (χ3v) is 6.25. The van der Waals surface area contributed by atoms with Crippen LogP contribution in [0.1, 0.15) is 26.3 Å². The Kier molecular flexibility index (Phi) is 6.18. The van der Waals surface area contributed by atoms with Crippen LogP contribution in [-0.2, 0) is 25.7 Å². The van der Waals surface area contributed by atoms with Gasteiger partial charge >= 0.3 is 18.0 Å². The van der Waals surface area contributed by atoms with E-state index in [-0.39, 0.29) is 11.6 Å². The molecule has 0 heterocycles. The summed E-state index contributed by atoms with van der Waals surface area (Å²) in [5.74, 6) is -5.86. The molecule has 2 fully saturated rings. The second-order valence-corrected chi connectivity index (χ2v) is 9.55. The average molecular weight is 476 g/mol. The van der Waals surface area contributed by atoms with Gasteiger partial charge in [0.15, 0.2) is 5.54 Å². The lowest BCUT2D eigenvalue weighted by molar-refractivity contribution is -0.161. The van der Waals surface area contributed by atoms with Crippen molar-refractivity contribution in [3.8, 4) is 0 Å². The van der Waals surface area contributed by atoms with E-state index in [4.69, 9.17) is 32.7 Å². The molecule has 0 bridgehead atoms. The molecule has 2 aliphatic carbocycles. The van der Waals surface area contributed by atoms with Gasteiger partial charge in [0.1, 0.15) is 11.7 Å². The summed E-state index contributed by atoms with van der Waals surface area (Å²) in [5.41, 5.74) is -2.56. The van der Waals surface area contributed by atoms with Crippen LogP contribution >= 0.6 is 23.2 Å². The summed E-state index contributed by atoms with van der Waals surface area (Å²) >= 11 is 11.9. The first-order valence-corrected chi connectivity index (χ1v) is 10.3. The normalized spacial score (nSPS) is 31.6. The zero-order valence-electron chi connectivity index (χ0n) is 17.0. The lowest BCUT2D eigenvalue weighted by Crippen LogP contribution is -2.65. The van der Waals surface area contributed by atoms with E-state index in [0.717, 1.165) is 0 Å². The van der Waals surface area contributed by atoms with Crippen LogP contribution in [0.25, 0.3) is 0 Å². The molecule has 4 N–H and O–H groups in total. The predicted molar refractivity (Wildman–Crippen MR) is 109 cm³/mol. The highest BCUT2D eigenvalue weighted by Crippen LogP contribution is 2.63. The number of hydrogen-bond acceptors (Lipinski definition) is 6. The van der Waals surface area contributed by atoms with Gasteiger partial charge in [0.25, 0.3) is 0 Å². The number of ether oxygens (including phenoxy) is 2. The molecule has 0 spiro atoms. The standard InChI is InChI=1S/C20H23Cl2NO8/c1-19(2,3)31-18(29)23-20(17(27)28)13-11(12(13)16(25)26)14(24)15(20)30-7-8-4-5-9(21)10(22)6-8/h4-6,11-15,24H,7H2,1-3H3,(H,23,29)(H,25,26)(H,27,28). The molecular weight excluding hydrogens is 453 g/mol. The lowest BCUT2D eigenvalue weighted by Gasteiger charge is -2.37. The summed E-state index contributed by atoms with van der Waals surface area (Å²) in [7, 11) is 0. The third kappa shape index (κ3) is 4.32. The first-order chi connectivity index (χ1) is 14.3. The van der Waals surface area contributed by atoms with Crippen molar-refractivity contribution in [2.24, 2.45) is 17.8 Å². The Labute approximate surface area is 188 Å². The van der Waals surface area contributed by atoms with Crippen LogP contribution in [0, 0.1) is 17.8 Å². The van der Waals surface area contributed by atoms with E-state index < -0.39 is 59.1 Å². The molecule has 2 saturated carbocycles. The smallest absolute Gasteiger partial charge is 0.408 e. The average Bonchev–Trinajstić information content (AvgIpc) is 3.32. The third-order valence-electron chi connectivity index (χ3n) is 5.51. The molecule has 1 aromatic carbocycles. The molecule has 0 aliphatic heterocycles. The van der Waals surface area contributed by atoms with Gasteiger partial charge in [-0.25, -0.2) is 9.59 Å². The molecule has 1 aromatic rings. The van der Waals surface area contributed by atoms with E-state index in [9.17, 15) is 29.7 Å². The number of carboxylic acid groups (broad SMARTS) is 2. The Hall–Kier alpha value is -2.07. The SMILES string of the molecule is CC(C)(C)OC(=O)NC1(C(=O)O)C(OCc2ccc(Cl)c(Cl)c2)C(O)C2C(C(=O)O)C21. The quantitative estimate of drug-likeness (QED) is 0.491. The van der Waals surface area contributed by atoms with Gasteiger partial charge < -0.3 is 30.1 Å². The minimum absolute atomic E-state index is 0.152. The van der Waals surface area contributed by atoms with E-state index >= 15 is 0 Å². The van der Waals surface area contributed by atoms with Gasteiger partial charge in [0.2, 0.25) is 0 Å². The number of carbonyl (C=O) groups excluding carboxylic acids is 1. The number of benzene rings is 1. The van der Waals surface area contributed by atoms with Crippen LogP contribution < -0.4 is 5.32 Å². The van der Waals surface area contributed by atoms with Crippen molar-refractivity contribution in [2.75, 3.05) is 0 Å². The zero-order valence-corrected chi connectivity index (χ0v) is 18.5. The number of amides is 1. The Bertz CT molecular complexity index is 917. The Balaban J connectivity index is 1.91. The van der Waals surface area contributed by atoms with E-state index in [1.165, 1.54) is 12.1 Å². The van der Waals surface area contributed by atoms with Crippen molar-refractivity contribution in [2.45, 2.75) is 50.7 Å². The highest BCUT2D eigenvalue weighted by molar-refractivity contribution is 6.42. The fraction of sp³-hybridized carbons (Fsp3) is 0.550. The monoisotopic (exact) mass is 475 g/mol. The molecule has 0 saturated heterocycles. The molecule has 1 amide bonds. The summed E-state index contributed by atoms with van der Waals surface area (Å²) in [6, 6.07) is 4.67. The Morgan fingerprint density at radius 2 is 1.81 bits per heavy atom. The maximum Gasteiger partial charge on any atom is 0.408 e. The number of halogens is 2. The first kappa shape index (κ1) is 23.6. The second-order valence-electron chi connectivity index (χ2n) is 8.74. The topological polar surface area (TPSA) is 142 Å². The van der Waals surface area contributed by atoms with E-state index in [1.54, 1.807) is 26.8 Å². The largest absolute Gasteiger partial charge is 0.481 e. The van der Waals surface area contributed by atoms with Gasteiger partial charge in [-0.2, -0.15) is 0 Å². The number of hydrogen-bond donors (Lipinski definition) is 4. The highest BCUT2D eigenvalue weighted by Gasteiger charge is 2.80. The minimum atomic E-state index is -2.19. The van der Waals surface area contributed by atoms with Gasteiger partial charge in [0, 0.05) is 11.8 Å². The maximum absolute atomic E-state index is 12.5. The minimum Gasteiger partial charge on any atom is -0.481 e. The number of alkyl carbamates (subject to hydrolysis) is 1. The number of carboxylic acids is 2. The fourth-order valence-electron chi connectivity index (χ4n) is 4.32. The van der Waals surface area contributed by atoms with Crippen molar-refractivity contribution in [1.82, 2.24) is 5.32 Å². The molecule has 2 aliphatic rings. The molecule has 31 heavy (non-hydrogen) atoms. The van der Waals surface area contributed by atoms with Crippen LogP contribution in [0.15, 0.2) is 18.2 Å². The molecule has 0 radical (unpaired) electrons. The number of carbonyl (C=O) groups is 3. The summed E-state index contributed by atoms with van der Waals surface area (Å²) in [5, 5.41) is 33.2. The van der Waals surface area contributed by atoms with Crippen LogP contribution in [0.2, 0.25) is 10.0 Å². The van der Waals surface area contributed by atoms with E-state index in [0.29, 0.717) is 10.6 Å². The highest BCUT2D eigenvalue weighted by atomic mass is 35.5. The number of rotatable bonds is 6. The zero-order chi connectivity index (χ0) is 23.3. The van der Waals surface area contributed by atoms with Crippen molar-refractivity contribution in [3.63, 3.8) is 0 Å². The predicted octanol–water partition coefficient (Wildman–Crippen LogP) is 2.55. The van der Waals surface area contributed by atoms with Gasteiger partial charge in [-0.3, -0.25) is 4.79 Å². The van der Waals surface area contributed by atoms with Gasteiger partial charge in [-0.15, -0.1) is 0 Å². The fourth-order valence-corrected chi connectivity index (χ4v) is 4.64. The number of aliphatic hydroxyl groups excluding tert-OH is 1. The number of fused-ring (bicyclic) bond motifs is 1. The molecule has 9 nitrogen and oxygen atoms in total. The van der Waals surface area contributed by atoms with Crippen LogP contribution in [0.3, 0.4) is 0 Å². The number of nitrogens with one attached hydrogen (secondary N) is 1. The summed E-state index contributed by atoms with van der Waals surface area (Å²) in [4.78, 5) is 36.4. The van der Waals surface area contributed by atoms with E-state index in [1.807, 2.05) is 0 Å². The number of aliphatic carboxylic acids is 2. The van der Waals surface area contributed by atoms with Crippen molar-refractivity contribution < 1.29 is 39.2 Å². The molecular formula is C20H23Cl2NO8. The molecule has 170 valence electrons. The summed E-state index contributed by atoms with van der Waals surface area (Å²) < 4.78 is 10.9. The van der Waals surface area contributed by atoms with Crippen molar-refractivity contribution in [1.29, 1.82) is 0 Å². The molecule has 0 aromatic heterocycles. The van der Waals surface area contributed by atoms with Gasteiger partial charge in [0.05, 0.1) is 28.7 Å². The summed E-state index contributed by atoms with van der Waals surface area (Å²) in [6.07, 6.45) is -3.90. The molecule has 6 unspecified atom stereocenters. The first-order valence-electron chi connectivity index (χ1n) is 9.50. The summed E-state index contributed by atoms with van der Waals surface area (Å²) in [6.45, 7) is 4.64. The number of aliphatic hydroxyl groups is 1. The van der Waals surface area contributed by atoms with E-state index in [2.05, 4.69) is 5.32 Å². The Morgan fingerprint density at radius 3 is 2.32 bits per heavy atom. The van der Waals surface area contributed by atoms with Crippen molar-refractivity contribution in [3.05, 3.63) is 33.8 Å². The Morgan fingerprint density at radius 1 is 1.16 bits per heavy atom. The maximum atomic E-state index is 12.5.